The molecule has 1 fully saturated rings. The second-order valence-corrected chi connectivity index (χ2v) is 7.12. The highest BCUT2D eigenvalue weighted by Gasteiger charge is 2.29. The Bertz CT molecular complexity index is 406. The number of hydrogen-bond acceptors (Lipinski definition) is 1. The second kappa shape index (κ2) is 5.75. The number of benzene rings is 1. The van der Waals surface area contributed by atoms with Crippen LogP contribution in [-0.2, 0) is 0 Å². The zero-order chi connectivity index (χ0) is 13.3. The van der Waals surface area contributed by atoms with Crippen LogP contribution in [0, 0.1) is 24.7 Å². The van der Waals surface area contributed by atoms with Crippen LogP contribution >= 0.6 is 15.9 Å². The van der Waals surface area contributed by atoms with Crippen LogP contribution in [0.2, 0.25) is 0 Å². The summed E-state index contributed by atoms with van der Waals surface area (Å²) in [6.45, 7) is 6.89. The van der Waals surface area contributed by atoms with Gasteiger partial charge in [-0.3, -0.25) is 0 Å². The summed E-state index contributed by atoms with van der Waals surface area (Å²) in [6, 6.07) is 6.67. The van der Waals surface area contributed by atoms with Gasteiger partial charge in [0.05, 0.1) is 0 Å². The standard InChI is InChI=1S/C16H24BrN/c1-10-6-11(2)8-13(7-10)16(18)15-5-4-14(17)9-12(15)3/h4-5,9-11,13,16H,6-8,18H2,1-3H3. The maximum Gasteiger partial charge on any atom is 0.0326 e. The predicted molar refractivity (Wildman–Crippen MR) is 81.5 cm³/mol. The predicted octanol–water partition coefficient (Wildman–Crippen LogP) is 4.83. The summed E-state index contributed by atoms with van der Waals surface area (Å²) in [5, 5.41) is 0. The van der Waals surface area contributed by atoms with Crippen LogP contribution in [-0.4, -0.2) is 0 Å². The van der Waals surface area contributed by atoms with E-state index in [1.165, 1.54) is 30.4 Å². The molecule has 0 bridgehead atoms. The Balaban J connectivity index is 2.17. The minimum atomic E-state index is 0.197. The fraction of sp³-hybridized carbons (Fsp3) is 0.625. The summed E-state index contributed by atoms with van der Waals surface area (Å²) >= 11 is 3.52. The molecule has 0 amide bonds. The molecule has 0 heterocycles. The van der Waals surface area contributed by atoms with Gasteiger partial charge < -0.3 is 5.73 Å². The Kier molecular flexibility index (Phi) is 4.50. The van der Waals surface area contributed by atoms with Gasteiger partial charge in [-0.15, -0.1) is 0 Å². The molecule has 0 spiro atoms. The van der Waals surface area contributed by atoms with Crippen molar-refractivity contribution < 1.29 is 0 Å². The van der Waals surface area contributed by atoms with Gasteiger partial charge in [-0.1, -0.05) is 35.8 Å². The third-order valence-corrected chi connectivity index (χ3v) is 4.81. The van der Waals surface area contributed by atoms with Crippen molar-refractivity contribution in [3.05, 3.63) is 33.8 Å². The second-order valence-electron chi connectivity index (χ2n) is 6.20. The zero-order valence-electron chi connectivity index (χ0n) is 11.6. The molecular weight excluding hydrogens is 286 g/mol. The summed E-state index contributed by atoms with van der Waals surface area (Å²) in [5.41, 5.74) is 9.16. The van der Waals surface area contributed by atoms with Crippen molar-refractivity contribution in [1.29, 1.82) is 0 Å². The Morgan fingerprint density at radius 1 is 1.17 bits per heavy atom. The van der Waals surface area contributed by atoms with E-state index in [0.717, 1.165) is 16.3 Å². The molecule has 100 valence electrons. The normalized spacial score (nSPS) is 30.2. The first kappa shape index (κ1) is 14.1. The Labute approximate surface area is 119 Å². The van der Waals surface area contributed by atoms with Gasteiger partial charge in [0.2, 0.25) is 0 Å². The molecule has 1 nitrogen and oxygen atoms in total. The van der Waals surface area contributed by atoms with E-state index < -0.39 is 0 Å². The van der Waals surface area contributed by atoms with Crippen LogP contribution in [0.15, 0.2) is 22.7 Å². The lowest BCUT2D eigenvalue weighted by Crippen LogP contribution is -2.29. The van der Waals surface area contributed by atoms with Crippen molar-refractivity contribution >= 4 is 15.9 Å². The molecule has 18 heavy (non-hydrogen) atoms. The minimum Gasteiger partial charge on any atom is -0.324 e. The Morgan fingerprint density at radius 3 is 2.33 bits per heavy atom. The van der Waals surface area contributed by atoms with Crippen LogP contribution in [0.3, 0.4) is 0 Å². The molecule has 0 aromatic heterocycles. The molecule has 0 aliphatic heterocycles. The van der Waals surface area contributed by atoms with Gasteiger partial charge >= 0.3 is 0 Å². The molecule has 2 rings (SSSR count). The maximum atomic E-state index is 6.53. The summed E-state index contributed by atoms with van der Waals surface area (Å²) < 4.78 is 1.14. The van der Waals surface area contributed by atoms with Crippen molar-refractivity contribution in [2.75, 3.05) is 0 Å². The largest absolute Gasteiger partial charge is 0.324 e. The number of halogens is 1. The van der Waals surface area contributed by atoms with Crippen molar-refractivity contribution in [3.8, 4) is 0 Å². The lowest BCUT2D eigenvalue weighted by atomic mass is 9.72. The summed E-state index contributed by atoms with van der Waals surface area (Å²) in [5.74, 6) is 2.28. The molecule has 1 saturated carbocycles. The van der Waals surface area contributed by atoms with Crippen LogP contribution in [0.25, 0.3) is 0 Å². The van der Waals surface area contributed by atoms with Gasteiger partial charge in [0.1, 0.15) is 0 Å². The Morgan fingerprint density at radius 2 is 1.78 bits per heavy atom. The van der Waals surface area contributed by atoms with E-state index in [2.05, 4.69) is 54.9 Å². The molecule has 3 atom stereocenters. The number of rotatable bonds is 2. The van der Waals surface area contributed by atoms with Crippen LogP contribution in [0.4, 0.5) is 0 Å². The minimum absolute atomic E-state index is 0.197. The molecule has 1 aromatic rings. The van der Waals surface area contributed by atoms with E-state index in [4.69, 9.17) is 5.73 Å². The Hall–Kier alpha value is -0.340. The van der Waals surface area contributed by atoms with E-state index in [-0.39, 0.29) is 6.04 Å². The van der Waals surface area contributed by atoms with E-state index in [0.29, 0.717) is 5.92 Å². The fourth-order valence-electron chi connectivity index (χ4n) is 3.57. The average Bonchev–Trinajstić information content (AvgIpc) is 2.26. The topological polar surface area (TPSA) is 26.0 Å². The molecule has 0 saturated heterocycles. The zero-order valence-corrected chi connectivity index (χ0v) is 13.2. The fourth-order valence-corrected chi connectivity index (χ4v) is 4.05. The average molecular weight is 310 g/mol. The van der Waals surface area contributed by atoms with Crippen LogP contribution in [0.5, 0.6) is 0 Å². The van der Waals surface area contributed by atoms with E-state index >= 15 is 0 Å². The monoisotopic (exact) mass is 309 g/mol. The number of hydrogen-bond donors (Lipinski definition) is 1. The first-order valence-corrected chi connectivity index (χ1v) is 7.78. The van der Waals surface area contributed by atoms with Crippen LogP contribution < -0.4 is 5.73 Å². The highest BCUT2D eigenvalue weighted by molar-refractivity contribution is 9.10. The molecule has 1 aliphatic carbocycles. The van der Waals surface area contributed by atoms with Gasteiger partial charge in [0.15, 0.2) is 0 Å². The smallest absolute Gasteiger partial charge is 0.0326 e. The SMILES string of the molecule is Cc1cc(Br)ccc1C(N)C1CC(C)CC(C)C1. The van der Waals surface area contributed by atoms with Gasteiger partial charge in [-0.25, -0.2) is 0 Å². The van der Waals surface area contributed by atoms with Crippen LogP contribution in [0.1, 0.15) is 50.3 Å². The summed E-state index contributed by atoms with van der Waals surface area (Å²) in [4.78, 5) is 0. The van der Waals surface area contributed by atoms with Crippen molar-refractivity contribution in [3.63, 3.8) is 0 Å². The van der Waals surface area contributed by atoms with Crippen molar-refractivity contribution in [1.82, 2.24) is 0 Å². The first-order valence-electron chi connectivity index (χ1n) is 6.99. The lowest BCUT2D eigenvalue weighted by Gasteiger charge is -2.35. The third kappa shape index (κ3) is 3.16. The summed E-state index contributed by atoms with van der Waals surface area (Å²) in [7, 11) is 0. The molecule has 2 heteroatoms. The highest BCUT2D eigenvalue weighted by Crippen LogP contribution is 2.39. The first-order chi connectivity index (χ1) is 8.47. The van der Waals surface area contributed by atoms with Gasteiger partial charge in [0.25, 0.3) is 0 Å². The molecular formula is C16H24BrN. The number of nitrogens with two attached hydrogens (primary N) is 1. The van der Waals surface area contributed by atoms with Crippen molar-refractivity contribution in [2.45, 2.75) is 46.1 Å². The molecule has 1 aromatic carbocycles. The van der Waals surface area contributed by atoms with Crippen molar-refractivity contribution in [2.24, 2.45) is 23.5 Å². The summed E-state index contributed by atoms with van der Waals surface area (Å²) in [6.07, 6.45) is 3.92. The lowest BCUT2D eigenvalue weighted by molar-refractivity contribution is 0.193. The maximum absolute atomic E-state index is 6.53. The highest BCUT2D eigenvalue weighted by atomic mass is 79.9. The van der Waals surface area contributed by atoms with Gasteiger partial charge in [0, 0.05) is 10.5 Å². The van der Waals surface area contributed by atoms with E-state index in [1.807, 2.05) is 0 Å². The van der Waals surface area contributed by atoms with Gasteiger partial charge in [-0.2, -0.15) is 0 Å². The third-order valence-electron chi connectivity index (χ3n) is 4.31. The molecule has 0 radical (unpaired) electrons. The molecule has 3 unspecified atom stereocenters. The molecule has 2 N–H and O–H groups in total. The number of aryl methyl sites for hydroxylation is 1. The quantitative estimate of drug-likeness (QED) is 0.832. The van der Waals surface area contributed by atoms with Gasteiger partial charge in [-0.05, 0) is 67.2 Å². The van der Waals surface area contributed by atoms with E-state index in [1.54, 1.807) is 0 Å². The molecule has 1 aliphatic rings. The van der Waals surface area contributed by atoms with E-state index in [9.17, 15) is 0 Å².